The van der Waals surface area contributed by atoms with E-state index in [9.17, 15) is 4.79 Å². The van der Waals surface area contributed by atoms with E-state index >= 15 is 0 Å². The summed E-state index contributed by atoms with van der Waals surface area (Å²) >= 11 is 7.11. The number of carbonyl (C=O) groups excluding carboxylic acids is 1. The first-order chi connectivity index (χ1) is 5.25. The van der Waals surface area contributed by atoms with Crippen LogP contribution in [-0.2, 0) is 0 Å². The molecule has 0 aliphatic rings. The van der Waals surface area contributed by atoms with Gasteiger partial charge in [-0.15, -0.1) is 11.3 Å². The highest BCUT2D eigenvalue weighted by molar-refractivity contribution is 7.12. The zero-order valence-corrected chi connectivity index (χ0v) is 7.63. The average molecular weight is 190 g/mol. The van der Waals surface area contributed by atoms with Crippen LogP contribution >= 0.6 is 22.9 Å². The molecule has 0 saturated carbocycles. The molecular formula is C7H8ClNOS. The van der Waals surface area contributed by atoms with Crippen molar-refractivity contribution in [1.29, 1.82) is 0 Å². The minimum Gasteiger partial charge on any atom is -0.313 e. The highest BCUT2D eigenvalue weighted by atomic mass is 35.5. The van der Waals surface area contributed by atoms with Crippen molar-refractivity contribution >= 4 is 28.7 Å². The third-order valence-corrected chi connectivity index (χ3v) is 2.59. The number of Topliss-reactive ketones (excluding diaryl/α,β-unsaturated/α-hetero) is 1. The molecule has 11 heavy (non-hydrogen) atoms. The predicted molar refractivity (Wildman–Crippen MR) is 47.6 cm³/mol. The third kappa shape index (κ3) is 2.02. The van der Waals surface area contributed by atoms with Crippen molar-refractivity contribution in [1.82, 2.24) is 5.32 Å². The van der Waals surface area contributed by atoms with Gasteiger partial charge in [-0.25, -0.2) is 0 Å². The van der Waals surface area contributed by atoms with Crippen molar-refractivity contribution in [3.8, 4) is 0 Å². The molecule has 1 heterocycles. The Hall–Kier alpha value is -0.380. The highest BCUT2D eigenvalue weighted by Crippen LogP contribution is 2.21. The van der Waals surface area contributed by atoms with Gasteiger partial charge in [0.2, 0.25) is 0 Å². The van der Waals surface area contributed by atoms with E-state index in [1.54, 1.807) is 13.1 Å². The molecule has 0 atom stereocenters. The topological polar surface area (TPSA) is 29.1 Å². The molecule has 1 aromatic rings. The van der Waals surface area contributed by atoms with Crippen LogP contribution in [0.25, 0.3) is 0 Å². The first kappa shape index (κ1) is 8.71. The Labute approximate surface area is 74.2 Å². The average Bonchev–Trinajstić information content (AvgIpc) is 2.36. The van der Waals surface area contributed by atoms with Crippen LogP contribution in [-0.4, -0.2) is 19.4 Å². The number of halogens is 1. The monoisotopic (exact) mass is 189 g/mol. The van der Waals surface area contributed by atoms with Gasteiger partial charge < -0.3 is 5.32 Å². The third-order valence-electron chi connectivity index (χ3n) is 1.21. The Kier molecular flexibility index (Phi) is 3.05. The maximum Gasteiger partial charge on any atom is 0.188 e. The molecule has 0 aliphatic heterocycles. The minimum atomic E-state index is 0.0486. The van der Waals surface area contributed by atoms with E-state index in [2.05, 4.69) is 5.32 Å². The zero-order valence-electron chi connectivity index (χ0n) is 6.06. The quantitative estimate of drug-likeness (QED) is 0.735. The summed E-state index contributed by atoms with van der Waals surface area (Å²) < 4.78 is 0. The summed E-state index contributed by atoms with van der Waals surface area (Å²) in [5.74, 6) is 0.0486. The first-order valence-corrected chi connectivity index (χ1v) is 4.42. The van der Waals surface area contributed by atoms with E-state index in [-0.39, 0.29) is 5.78 Å². The molecular weight excluding hydrogens is 182 g/mol. The lowest BCUT2D eigenvalue weighted by atomic mass is 10.3. The van der Waals surface area contributed by atoms with Gasteiger partial charge in [-0.05, 0) is 18.5 Å². The molecule has 0 aromatic carbocycles. The number of ketones is 1. The van der Waals surface area contributed by atoms with Crippen LogP contribution in [0.1, 0.15) is 9.67 Å². The van der Waals surface area contributed by atoms with Crippen LogP contribution in [0.15, 0.2) is 11.4 Å². The molecule has 0 radical (unpaired) electrons. The minimum absolute atomic E-state index is 0.0486. The Morgan fingerprint density at radius 2 is 2.55 bits per heavy atom. The van der Waals surface area contributed by atoms with Crippen LogP contribution in [0.3, 0.4) is 0 Å². The summed E-state index contributed by atoms with van der Waals surface area (Å²) in [5.41, 5.74) is 0. The molecule has 0 unspecified atom stereocenters. The molecule has 0 spiro atoms. The number of nitrogens with one attached hydrogen (secondary N) is 1. The maximum atomic E-state index is 11.2. The molecule has 2 nitrogen and oxygen atoms in total. The van der Waals surface area contributed by atoms with Crippen molar-refractivity contribution in [3.63, 3.8) is 0 Å². The van der Waals surface area contributed by atoms with Gasteiger partial charge in [0.05, 0.1) is 16.4 Å². The number of thiophene rings is 1. The summed E-state index contributed by atoms with van der Waals surface area (Å²) in [6.45, 7) is 0.347. The lowest BCUT2D eigenvalue weighted by molar-refractivity contribution is 0.0997. The summed E-state index contributed by atoms with van der Waals surface area (Å²) in [7, 11) is 1.74. The number of rotatable bonds is 3. The normalized spacial score (nSPS) is 10.0. The number of hydrogen-bond acceptors (Lipinski definition) is 3. The molecule has 0 bridgehead atoms. The second-order valence-corrected chi connectivity index (χ2v) is 3.37. The van der Waals surface area contributed by atoms with Crippen LogP contribution in [0.2, 0.25) is 5.02 Å². The van der Waals surface area contributed by atoms with Crippen LogP contribution in [0, 0.1) is 0 Å². The van der Waals surface area contributed by atoms with Gasteiger partial charge in [-0.1, -0.05) is 11.6 Å². The van der Waals surface area contributed by atoms with Gasteiger partial charge >= 0.3 is 0 Å². The van der Waals surface area contributed by atoms with Gasteiger partial charge in [0.1, 0.15) is 0 Å². The molecule has 0 amide bonds. The second kappa shape index (κ2) is 3.85. The number of hydrogen-bond donors (Lipinski definition) is 1. The summed E-state index contributed by atoms with van der Waals surface area (Å²) in [5, 5.41) is 5.14. The zero-order chi connectivity index (χ0) is 8.27. The smallest absolute Gasteiger partial charge is 0.188 e. The van der Waals surface area contributed by atoms with Crippen LogP contribution in [0.4, 0.5) is 0 Å². The Morgan fingerprint density at radius 1 is 1.82 bits per heavy atom. The van der Waals surface area contributed by atoms with Crippen molar-refractivity contribution in [3.05, 3.63) is 21.3 Å². The largest absolute Gasteiger partial charge is 0.313 e. The Morgan fingerprint density at radius 3 is 3.00 bits per heavy atom. The predicted octanol–water partition coefficient (Wildman–Crippen LogP) is 1.80. The number of carbonyl (C=O) groups is 1. The summed E-state index contributed by atoms with van der Waals surface area (Å²) in [6, 6.07) is 1.73. The van der Waals surface area contributed by atoms with E-state index in [0.29, 0.717) is 16.4 Å². The first-order valence-electron chi connectivity index (χ1n) is 3.16. The fourth-order valence-electron chi connectivity index (χ4n) is 0.734. The highest BCUT2D eigenvalue weighted by Gasteiger charge is 2.09. The van der Waals surface area contributed by atoms with Crippen molar-refractivity contribution < 1.29 is 4.79 Å². The summed E-state index contributed by atoms with van der Waals surface area (Å²) in [6.07, 6.45) is 0. The van der Waals surface area contributed by atoms with Crippen LogP contribution < -0.4 is 5.32 Å². The lowest BCUT2D eigenvalue weighted by Crippen LogP contribution is -2.17. The maximum absolute atomic E-state index is 11.2. The van der Waals surface area contributed by atoms with E-state index < -0.39 is 0 Å². The molecule has 60 valence electrons. The van der Waals surface area contributed by atoms with E-state index in [1.807, 2.05) is 5.38 Å². The van der Waals surface area contributed by atoms with Gasteiger partial charge in [-0.2, -0.15) is 0 Å². The van der Waals surface area contributed by atoms with Crippen molar-refractivity contribution in [2.75, 3.05) is 13.6 Å². The molecule has 0 aliphatic carbocycles. The van der Waals surface area contributed by atoms with Gasteiger partial charge in [0, 0.05) is 0 Å². The second-order valence-electron chi connectivity index (χ2n) is 2.05. The van der Waals surface area contributed by atoms with Gasteiger partial charge in [0.15, 0.2) is 5.78 Å². The number of likely N-dealkylation sites (N-methyl/N-ethyl adjacent to an activating group) is 1. The lowest BCUT2D eigenvalue weighted by Gasteiger charge is -1.95. The van der Waals surface area contributed by atoms with E-state index in [4.69, 9.17) is 11.6 Å². The fourth-order valence-corrected chi connectivity index (χ4v) is 1.83. The fraction of sp³-hybridized carbons (Fsp3) is 0.286. The summed E-state index contributed by atoms with van der Waals surface area (Å²) in [4.78, 5) is 11.8. The van der Waals surface area contributed by atoms with Gasteiger partial charge in [0.25, 0.3) is 0 Å². The molecule has 1 aromatic heterocycles. The molecule has 0 fully saturated rings. The van der Waals surface area contributed by atoms with E-state index in [1.165, 1.54) is 11.3 Å². The Balaban J connectivity index is 2.76. The van der Waals surface area contributed by atoms with Crippen LogP contribution in [0.5, 0.6) is 0 Å². The van der Waals surface area contributed by atoms with E-state index in [0.717, 1.165) is 0 Å². The SMILES string of the molecule is CNCC(=O)c1sccc1Cl. The molecule has 0 saturated heterocycles. The Bertz CT molecular complexity index is 259. The molecule has 1 N–H and O–H groups in total. The standard InChI is InChI=1S/C7H8ClNOS/c1-9-4-6(10)7-5(8)2-3-11-7/h2-3,9H,4H2,1H3. The van der Waals surface area contributed by atoms with Crippen molar-refractivity contribution in [2.45, 2.75) is 0 Å². The molecule has 4 heteroatoms. The van der Waals surface area contributed by atoms with Crippen molar-refractivity contribution in [2.24, 2.45) is 0 Å². The van der Waals surface area contributed by atoms with Gasteiger partial charge in [-0.3, -0.25) is 4.79 Å². The molecule has 1 rings (SSSR count).